The maximum atomic E-state index is 13.6. The van der Waals surface area contributed by atoms with E-state index >= 15 is 0 Å². The zero-order valence-corrected chi connectivity index (χ0v) is 20.5. The number of benzene rings is 2. The maximum absolute atomic E-state index is 13.6. The highest BCUT2D eigenvalue weighted by Crippen LogP contribution is 2.37. The van der Waals surface area contributed by atoms with Gasteiger partial charge in [0.05, 0.1) is 20.1 Å². The van der Waals surface area contributed by atoms with Crippen LogP contribution in [0.15, 0.2) is 48.5 Å². The minimum Gasteiger partial charge on any atom is -0.301 e. The van der Waals surface area contributed by atoms with Crippen molar-refractivity contribution < 1.29 is 27.0 Å². The molecule has 1 aliphatic rings. The second-order valence-electron chi connectivity index (χ2n) is 10.2. The van der Waals surface area contributed by atoms with Crippen molar-refractivity contribution in [3.63, 3.8) is 0 Å². The van der Waals surface area contributed by atoms with Gasteiger partial charge >= 0.3 is 6.03 Å². The van der Waals surface area contributed by atoms with E-state index in [-0.39, 0.29) is 26.6 Å². The van der Waals surface area contributed by atoms with E-state index in [1.54, 1.807) is 31.3 Å². The Morgan fingerprint density at radius 1 is 0.941 bits per heavy atom. The number of hydrogen-bond donors (Lipinski definition) is 0. The third-order valence-electron chi connectivity index (χ3n) is 7.61. The molecule has 1 fully saturated rings. The van der Waals surface area contributed by atoms with E-state index in [0.29, 0.717) is 43.8 Å². The molecule has 2 aromatic carbocycles. The molecule has 180 valence electrons. The van der Waals surface area contributed by atoms with E-state index in [1.165, 1.54) is 24.3 Å². The average molecular weight is 469 g/mol. The number of quaternary nitrogens is 3. The van der Waals surface area contributed by atoms with E-state index in [4.69, 9.17) is 21.1 Å². The van der Waals surface area contributed by atoms with Crippen LogP contribution in [0.1, 0.15) is 37.8 Å². The zero-order chi connectivity index (χ0) is 25.2. The molecule has 1 unspecified atom stereocenters. The van der Waals surface area contributed by atoms with Crippen LogP contribution in [0, 0.1) is 32.8 Å². The fourth-order valence-corrected chi connectivity index (χ4v) is 4.82. The molecule has 1 atom stereocenters. The van der Waals surface area contributed by atoms with Gasteiger partial charge in [-0.05, 0) is 55.2 Å². The van der Waals surface area contributed by atoms with E-state index in [0.717, 1.165) is 24.0 Å². The molecule has 0 aromatic heterocycles. The lowest BCUT2D eigenvalue weighted by atomic mass is 9.73. The van der Waals surface area contributed by atoms with Gasteiger partial charge in [-0.1, -0.05) is 31.2 Å². The highest BCUT2D eigenvalue weighted by Gasteiger charge is 2.51. The van der Waals surface area contributed by atoms with Crippen molar-refractivity contribution in [1.29, 1.82) is 0 Å². The van der Waals surface area contributed by atoms with E-state index in [2.05, 4.69) is 6.92 Å². The van der Waals surface area contributed by atoms with Crippen molar-refractivity contribution >= 4 is 6.03 Å². The summed E-state index contributed by atoms with van der Waals surface area (Å²) in [5.74, 6) is -0.587. The Morgan fingerprint density at radius 2 is 1.38 bits per heavy atom. The largest absolute Gasteiger partial charge is 0.515 e. The number of nitrogens with zero attached hydrogens (tertiary/aromatic N) is 3. The molecule has 1 heterocycles. The van der Waals surface area contributed by atoms with Gasteiger partial charge < -0.3 is 4.48 Å². The van der Waals surface area contributed by atoms with Crippen molar-refractivity contribution in [2.45, 2.75) is 32.1 Å². The van der Waals surface area contributed by atoms with E-state index < -0.39 is 5.41 Å². The summed E-state index contributed by atoms with van der Waals surface area (Å²) in [5.41, 5.74) is 1.50. The lowest BCUT2D eigenvalue weighted by molar-refractivity contribution is -0.992. The number of urea groups is 1. The third kappa shape index (κ3) is 5.56. The Balaban J connectivity index is 1.70. The maximum Gasteiger partial charge on any atom is 0.515 e. The topological polar surface area (TPSA) is 17.1 Å². The highest BCUT2D eigenvalue weighted by molar-refractivity contribution is 5.59. The number of hydrogen-bond acceptors (Lipinski definition) is 1. The quantitative estimate of drug-likeness (QED) is 0.505. The first-order valence-electron chi connectivity index (χ1n) is 11.9. The van der Waals surface area contributed by atoms with Crippen LogP contribution < -0.4 is 0 Å². The summed E-state index contributed by atoms with van der Waals surface area (Å²) >= 11 is 0. The molecular weight excluding hydrogens is 432 g/mol. The molecule has 6 radical (unpaired) electrons. The minimum atomic E-state index is -0.431. The molecule has 0 bridgehead atoms. The van der Waals surface area contributed by atoms with Crippen LogP contribution in [0.3, 0.4) is 0 Å². The standard InChI is InChI=1S/C28H36F2N3O/c1-7-31(3,4)27(34)33(6)21-19-32(5,20-22-33)18-8-17-28(2,23-9-13-25(29)14-10-23)24-11-15-26(30)16-12-24/h3,5-6,9-16H,7-8,17-22H2,1-2,4H3/q+3. The minimum absolute atomic E-state index is 0.207. The summed E-state index contributed by atoms with van der Waals surface area (Å²) < 4.78 is 27.0. The molecule has 0 saturated carbocycles. The molecule has 0 spiro atoms. The first-order chi connectivity index (χ1) is 15.8. The Labute approximate surface area is 204 Å². The van der Waals surface area contributed by atoms with Crippen LogP contribution in [0.2, 0.25) is 0 Å². The van der Waals surface area contributed by atoms with Gasteiger partial charge in [-0.3, -0.25) is 0 Å². The Morgan fingerprint density at radius 3 is 1.79 bits per heavy atom. The first-order valence-corrected chi connectivity index (χ1v) is 11.9. The molecule has 1 aliphatic heterocycles. The summed E-state index contributed by atoms with van der Waals surface area (Å²) in [6, 6.07) is 12.7. The Kier molecular flexibility index (Phi) is 7.66. The summed E-state index contributed by atoms with van der Waals surface area (Å²) in [7, 11) is 20.9. The van der Waals surface area contributed by atoms with Crippen molar-refractivity contribution in [2.75, 3.05) is 46.3 Å². The van der Waals surface area contributed by atoms with Crippen LogP contribution >= 0.6 is 0 Å². The van der Waals surface area contributed by atoms with Crippen LogP contribution in [-0.2, 0) is 5.41 Å². The van der Waals surface area contributed by atoms with Crippen molar-refractivity contribution in [1.82, 2.24) is 0 Å². The SMILES string of the molecule is [CH][N+]1(CCCC(C)(c2ccc(F)cc2)c2ccc(F)cc2)CC[N+]([CH])(C(=O)[N+]([CH])(C)CC)CC1. The number of piperazine rings is 1. The molecule has 0 aliphatic carbocycles. The molecule has 2 amide bonds. The van der Waals surface area contributed by atoms with Crippen molar-refractivity contribution in [3.8, 4) is 0 Å². The summed E-state index contributed by atoms with van der Waals surface area (Å²) in [4.78, 5) is 12.9. The predicted molar refractivity (Wildman–Crippen MR) is 128 cm³/mol. The third-order valence-corrected chi connectivity index (χ3v) is 7.61. The monoisotopic (exact) mass is 468 g/mol. The molecule has 1 saturated heterocycles. The van der Waals surface area contributed by atoms with Crippen LogP contribution in [0.5, 0.6) is 0 Å². The van der Waals surface area contributed by atoms with E-state index in [1.807, 2.05) is 6.92 Å². The molecule has 4 nitrogen and oxygen atoms in total. The second-order valence-corrected chi connectivity index (χ2v) is 10.2. The summed E-state index contributed by atoms with van der Waals surface area (Å²) in [5, 5.41) is 0. The molecule has 6 heteroatoms. The average Bonchev–Trinajstić information content (AvgIpc) is 2.81. The normalized spacial score (nSPS) is 23.6. The molecule has 3 rings (SSSR count). The molecule has 0 N–H and O–H groups in total. The molecule has 2 aromatic rings. The first kappa shape index (κ1) is 26.5. The van der Waals surface area contributed by atoms with Gasteiger partial charge in [0.2, 0.25) is 21.1 Å². The van der Waals surface area contributed by atoms with Gasteiger partial charge in [0.25, 0.3) is 0 Å². The number of rotatable bonds is 7. The smallest absolute Gasteiger partial charge is 0.301 e. The van der Waals surface area contributed by atoms with Gasteiger partial charge in [-0.25, -0.2) is 8.78 Å². The highest BCUT2D eigenvalue weighted by atomic mass is 19.1. The fourth-order valence-electron chi connectivity index (χ4n) is 4.82. The van der Waals surface area contributed by atoms with Crippen LogP contribution in [0.4, 0.5) is 13.6 Å². The van der Waals surface area contributed by atoms with Gasteiger partial charge in [0.15, 0.2) is 0 Å². The number of amides is 2. The molecular formula is C28H36F2N3O+3. The van der Waals surface area contributed by atoms with Gasteiger partial charge in [0.1, 0.15) is 37.8 Å². The number of carbonyl (C=O) groups excluding carboxylic acids is 1. The van der Waals surface area contributed by atoms with Gasteiger partial charge in [-0.2, -0.15) is 13.8 Å². The Bertz CT molecular complexity index is 932. The van der Waals surface area contributed by atoms with Crippen molar-refractivity contribution in [3.05, 3.63) is 92.4 Å². The fraction of sp³-hybridized carbons (Fsp3) is 0.429. The van der Waals surface area contributed by atoms with Crippen LogP contribution in [0.25, 0.3) is 0 Å². The second kappa shape index (κ2) is 9.84. The Hall–Kier alpha value is -2.15. The van der Waals surface area contributed by atoms with Gasteiger partial charge in [0, 0.05) is 5.41 Å². The predicted octanol–water partition coefficient (Wildman–Crippen LogP) is 5.29. The molecule has 34 heavy (non-hydrogen) atoms. The lowest BCUT2D eigenvalue weighted by Crippen LogP contribution is -2.68. The number of carbonyl (C=O) groups is 1. The number of halogens is 2. The lowest BCUT2D eigenvalue weighted by Gasteiger charge is -2.44. The zero-order valence-electron chi connectivity index (χ0n) is 20.5. The van der Waals surface area contributed by atoms with Crippen molar-refractivity contribution in [2.24, 2.45) is 0 Å². The van der Waals surface area contributed by atoms with E-state index in [9.17, 15) is 13.6 Å². The summed E-state index contributed by atoms with van der Waals surface area (Å²) in [6.45, 7) is 7.09. The van der Waals surface area contributed by atoms with Gasteiger partial charge in [-0.15, -0.1) is 0 Å². The van der Waals surface area contributed by atoms with Crippen LogP contribution in [-0.4, -0.2) is 65.8 Å². The summed E-state index contributed by atoms with van der Waals surface area (Å²) in [6.07, 6.45) is 1.54.